The van der Waals surface area contributed by atoms with E-state index in [2.05, 4.69) is 69.4 Å². The Morgan fingerprint density at radius 2 is 0.569 bits per heavy atom. The van der Waals surface area contributed by atoms with Crippen molar-refractivity contribution < 1.29 is 28.6 Å². The standard InChI is InChI=1S/C66H120O6/c1-4-7-10-13-16-19-22-24-26-28-29-30-31-32-33-34-35-36-37-39-40-42-44-47-50-53-56-59-65(68)71-62-63(61-70-64(67)58-55-52-49-46-21-18-15-12-9-6-3)72-66(69)60-57-54-51-48-45-43-41-38-27-25-23-20-17-14-11-8-5-2/h8,11-12,15,17,20,25,27,63H,4-7,9-10,13-14,16,18-19,21-24,26,28-62H2,1-3H3/b11-8-,15-12-,20-17-,27-25-. The van der Waals surface area contributed by atoms with Crippen LogP contribution >= 0.6 is 0 Å². The first-order valence-corrected chi connectivity index (χ1v) is 31.6. The number of ether oxygens (including phenoxy) is 3. The topological polar surface area (TPSA) is 78.9 Å². The highest BCUT2D eigenvalue weighted by Crippen LogP contribution is 2.18. The van der Waals surface area contributed by atoms with Gasteiger partial charge in [-0.05, 0) is 70.6 Å². The molecule has 6 nitrogen and oxygen atoms in total. The summed E-state index contributed by atoms with van der Waals surface area (Å²) in [5, 5.41) is 0. The van der Waals surface area contributed by atoms with Gasteiger partial charge in [-0.2, -0.15) is 0 Å². The Balaban J connectivity index is 4.15. The lowest BCUT2D eigenvalue weighted by atomic mass is 10.0. The Labute approximate surface area is 448 Å². The summed E-state index contributed by atoms with van der Waals surface area (Å²) in [5.41, 5.74) is 0. The predicted molar refractivity (Wildman–Crippen MR) is 312 cm³/mol. The second-order valence-electron chi connectivity index (χ2n) is 21.3. The normalized spacial score (nSPS) is 12.3. The van der Waals surface area contributed by atoms with Crippen LogP contribution in [0.15, 0.2) is 48.6 Å². The van der Waals surface area contributed by atoms with Crippen LogP contribution in [-0.4, -0.2) is 37.2 Å². The summed E-state index contributed by atoms with van der Waals surface area (Å²) in [7, 11) is 0. The molecule has 0 saturated heterocycles. The largest absolute Gasteiger partial charge is 0.462 e. The van der Waals surface area contributed by atoms with Gasteiger partial charge in [0.1, 0.15) is 13.2 Å². The Kier molecular flexibility index (Phi) is 58.7. The lowest BCUT2D eigenvalue weighted by Gasteiger charge is -2.18. The van der Waals surface area contributed by atoms with Gasteiger partial charge in [0.25, 0.3) is 0 Å². The molecule has 0 aromatic rings. The number of unbranched alkanes of at least 4 members (excludes halogenated alkanes) is 39. The Morgan fingerprint density at radius 3 is 0.917 bits per heavy atom. The second kappa shape index (κ2) is 60.9. The van der Waals surface area contributed by atoms with Crippen LogP contribution in [0, 0.1) is 0 Å². The highest BCUT2D eigenvalue weighted by molar-refractivity contribution is 5.71. The maximum absolute atomic E-state index is 12.9. The third kappa shape index (κ3) is 58.3. The molecule has 72 heavy (non-hydrogen) atoms. The van der Waals surface area contributed by atoms with Gasteiger partial charge in [0, 0.05) is 19.3 Å². The molecule has 0 rings (SSSR count). The van der Waals surface area contributed by atoms with Gasteiger partial charge < -0.3 is 14.2 Å². The highest BCUT2D eigenvalue weighted by Gasteiger charge is 2.19. The van der Waals surface area contributed by atoms with Crippen LogP contribution in [0.5, 0.6) is 0 Å². The maximum atomic E-state index is 12.9. The van der Waals surface area contributed by atoms with Crippen molar-refractivity contribution >= 4 is 17.9 Å². The number of allylic oxidation sites excluding steroid dienone is 8. The number of hydrogen-bond donors (Lipinski definition) is 0. The maximum Gasteiger partial charge on any atom is 0.306 e. The Morgan fingerprint density at radius 1 is 0.292 bits per heavy atom. The molecule has 0 aliphatic carbocycles. The molecule has 6 heteroatoms. The summed E-state index contributed by atoms with van der Waals surface area (Å²) in [4.78, 5) is 38.2. The van der Waals surface area contributed by atoms with E-state index < -0.39 is 6.10 Å². The summed E-state index contributed by atoms with van der Waals surface area (Å²) < 4.78 is 16.9. The van der Waals surface area contributed by atoms with Crippen LogP contribution in [0.3, 0.4) is 0 Å². The fraction of sp³-hybridized carbons (Fsp3) is 0.833. The summed E-state index contributed by atoms with van der Waals surface area (Å²) in [5.74, 6) is -0.881. The average molecular weight is 1010 g/mol. The van der Waals surface area contributed by atoms with Gasteiger partial charge in [0.15, 0.2) is 6.10 Å². The number of carbonyl (C=O) groups excluding carboxylic acids is 3. The van der Waals surface area contributed by atoms with Crippen molar-refractivity contribution in [1.29, 1.82) is 0 Å². The molecule has 0 N–H and O–H groups in total. The third-order valence-electron chi connectivity index (χ3n) is 14.0. The van der Waals surface area contributed by atoms with E-state index >= 15 is 0 Å². The second-order valence-corrected chi connectivity index (χ2v) is 21.3. The van der Waals surface area contributed by atoms with E-state index in [1.54, 1.807) is 0 Å². The molecule has 0 heterocycles. The molecule has 0 aromatic heterocycles. The van der Waals surface area contributed by atoms with Gasteiger partial charge in [-0.3, -0.25) is 14.4 Å². The molecule has 420 valence electrons. The minimum absolute atomic E-state index is 0.0768. The molecule has 0 fully saturated rings. The van der Waals surface area contributed by atoms with E-state index in [1.807, 2.05) is 0 Å². The molecule has 0 bridgehead atoms. The summed E-state index contributed by atoms with van der Waals surface area (Å²) in [6.07, 6.45) is 75.7. The molecule has 0 spiro atoms. The quantitative estimate of drug-likeness (QED) is 0.0261. The monoisotopic (exact) mass is 1010 g/mol. The van der Waals surface area contributed by atoms with E-state index in [-0.39, 0.29) is 31.1 Å². The van der Waals surface area contributed by atoms with E-state index in [9.17, 15) is 14.4 Å². The molecule has 0 aliphatic heterocycles. The van der Waals surface area contributed by atoms with Crippen molar-refractivity contribution in [2.24, 2.45) is 0 Å². The molecule has 0 radical (unpaired) electrons. The highest BCUT2D eigenvalue weighted by atomic mass is 16.6. The van der Waals surface area contributed by atoms with Gasteiger partial charge >= 0.3 is 17.9 Å². The number of carbonyl (C=O) groups is 3. The Hall–Kier alpha value is -2.63. The first-order valence-electron chi connectivity index (χ1n) is 31.6. The molecule has 0 saturated carbocycles. The van der Waals surface area contributed by atoms with Crippen LogP contribution in [0.25, 0.3) is 0 Å². The summed E-state index contributed by atoms with van der Waals surface area (Å²) >= 11 is 0. The molecule has 0 amide bonds. The van der Waals surface area contributed by atoms with Gasteiger partial charge in [-0.1, -0.05) is 294 Å². The van der Waals surface area contributed by atoms with Gasteiger partial charge in [-0.15, -0.1) is 0 Å². The van der Waals surface area contributed by atoms with Crippen molar-refractivity contribution in [2.45, 2.75) is 341 Å². The Bertz CT molecular complexity index is 1250. The van der Waals surface area contributed by atoms with Crippen molar-refractivity contribution in [1.82, 2.24) is 0 Å². The molecular formula is C66H120O6. The van der Waals surface area contributed by atoms with Crippen molar-refractivity contribution in [3.8, 4) is 0 Å². The predicted octanol–water partition coefficient (Wildman–Crippen LogP) is 21.4. The first-order chi connectivity index (χ1) is 35.5. The molecule has 1 atom stereocenters. The fourth-order valence-corrected chi connectivity index (χ4v) is 9.35. The van der Waals surface area contributed by atoms with Gasteiger partial charge in [0.2, 0.25) is 0 Å². The molecular weight excluding hydrogens is 889 g/mol. The van der Waals surface area contributed by atoms with E-state index in [0.717, 1.165) is 96.3 Å². The van der Waals surface area contributed by atoms with E-state index in [1.165, 1.54) is 199 Å². The van der Waals surface area contributed by atoms with Crippen LogP contribution in [0.1, 0.15) is 335 Å². The minimum atomic E-state index is -0.780. The first kappa shape index (κ1) is 69.4. The average Bonchev–Trinajstić information content (AvgIpc) is 3.38. The van der Waals surface area contributed by atoms with Gasteiger partial charge in [0.05, 0.1) is 0 Å². The number of hydrogen-bond acceptors (Lipinski definition) is 6. The smallest absolute Gasteiger partial charge is 0.306 e. The summed E-state index contributed by atoms with van der Waals surface area (Å²) in [6.45, 7) is 6.50. The molecule has 0 aromatic carbocycles. The summed E-state index contributed by atoms with van der Waals surface area (Å²) in [6, 6.07) is 0. The zero-order chi connectivity index (χ0) is 52.2. The third-order valence-corrected chi connectivity index (χ3v) is 14.0. The van der Waals surface area contributed by atoms with Gasteiger partial charge in [-0.25, -0.2) is 0 Å². The zero-order valence-electron chi connectivity index (χ0n) is 48.2. The van der Waals surface area contributed by atoms with Crippen molar-refractivity contribution in [3.05, 3.63) is 48.6 Å². The minimum Gasteiger partial charge on any atom is -0.462 e. The fourth-order valence-electron chi connectivity index (χ4n) is 9.35. The van der Waals surface area contributed by atoms with Crippen LogP contribution in [0.2, 0.25) is 0 Å². The zero-order valence-corrected chi connectivity index (χ0v) is 48.2. The molecule has 1 unspecified atom stereocenters. The lowest BCUT2D eigenvalue weighted by molar-refractivity contribution is -0.167. The van der Waals surface area contributed by atoms with E-state index in [4.69, 9.17) is 14.2 Å². The number of rotatable bonds is 58. The van der Waals surface area contributed by atoms with Crippen LogP contribution in [0.4, 0.5) is 0 Å². The number of esters is 3. The SMILES string of the molecule is CC/C=C\C/C=C\C/C=C\CCCCCCCCCC(=O)OC(COC(=O)CCCCCCC/C=C\CCC)COC(=O)CCCCCCCCCCCCCCCCCCCCCCCCCCCCC. The van der Waals surface area contributed by atoms with Crippen molar-refractivity contribution in [2.75, 3.05) is 13.2 Å². The molecule has 0 aliphatic rings. The van der Waals surface area contributed by atoms with Crippen molar-refractivity contribution in [3.63, 3.8) is 0 Å². The lowest BCUT2D eigenvalue weighted by Crippen LogP contribution is -2.30. The van der Waals surface area contributed by atoms with E-state index in [0.29, 0.717) is 19.3 Å². The van der Waals surface area contributed by atoms with Crippen LogP contribution < -0.4 is 0 Å². The van der Waals surface area contributed by atoms with Crippen LogP contribution in [-0.2, 0) is 28.6 Å².